The molecule has 0 fully saturated rings. The van der Waals surface area contributed by atoms with Gasteiger partial charge >= 0.3 is 0 Å². The zero-order chi connectivity index (χ0) is 19.8. The summed E-state index contributed by atoms with van der Waals surface area (Å²) in [6, 6.07) is 11.0. The Balaban J connectivity index is 1.80. The Morgan fingerprint density at radius 2 is 1.93 bits per heavy atom. The van der Waals surface area contributed by atoms with Gasteiger partial charge in [0, 0.05) is 0 Å². The quantitative estimate of drug-likeness (QED) is 0.673. The third-order valence-corrected chi connectivity index (χ3v) is 4.60. The van der Waals surface area contributed by atoms with Gasteiger partial charge in [-0.2, -0.15) is 0 Å². The molecule has 1 atom stereocenters. The molecule has 0 bridgehead atoms. The van der Waals surface area contributed by atoms with Crippen LogP contribution in [0.15, 0.2) is 75.0 Å². The van der Waals surface area contributed by atoms with Crippen LogP contribution in [0.25, 0.3) is 0 Å². The number of aryl methyl sites for hydroxylation is 1. The van der Waals surface area contributed by atoms with Crippen molar-refractivity contribution < 1.29 is 27.9 Å². The molecule has 7 heteroatoms. The average Bonchev–Trinajstić information content (AvgIpc) is 3.40. The summed E-state index contributed by atoms with van der Waals surface area (Å²) in [5.74, 6) is -1.39. The Hall–Kier alpha value is -3.61. The Morgan fingerprint density at radius 3 is 2.54 bits per heavy atom. The van der Waals surface area contributed by atoms with Crippen molar-refractivity contribution in [2.45, 2.75) is 19.5 Å². The van der Waals surface area contributed by atoms with Crippen molar-refractivity contribution in [1.29, 1.82) is 0 Å². The van der Waals surface area contributed by atoms with E-state index < -0.39 is 29.3 Å². The molecule has 0 aliphatic carbocycles. The molecule has 1 aliphatic rings. The standard InChI is InChI=1S/C21H16FNO5/c1-12-4-9-16(28-12)19(24)17-18(13-5-7-14(22)8-6-13)23(21(26)20(17)25)11-15-3-2-10-27-15/h2-10,18,25H,11H2,1H3/t18-/m0/s1. The molecule has 1 aromatic carbocycles. The third-order valence-electron chi connectivity index (χ3n) is 4.60. The monoisotopic (exact) mass is 381 g/mol. The van der Waals surface area contributed by atoms with Gasteiger partial charge in [0.1, 0.15) is 17.3 Å². The van der Waals surface area contributed by atoms with Gasteiger partial charge in [0.2, 0.25) is 5.78 Å². The molecule has 0 unspecified atom stereocenters. The van der Waals surface area contributed by atoms with Gasteiger partial charge in [0.05, 0.1) is 24.4 Å². The van der Waals surface area contributed by atoms with Crippen LogP contribution in [0.1, 0.15) is 33.7 Å². The molecule has 0 saturated heterocycles. The minimum atomic E-state index is -0.906. The zero-order valence-corrected chi connectivity index (χ0v) is 14.9. The van der Waals surface area contributed by atoms with Crippen molar-refractivity contribution in [2.75, 3.05) is 0 Å². The normalized spacial score (nSPS) is 16.9. The number of nitrogens with zero attached hydrogens (tertiary/aromatic N) is 1. The fourth-order valence-electron chi connectivity index (χ4n) is 3.30. The van der Waals surface area contributed by atoms with E-state index in [1.807, 2.05) is 0 Å². The fourth-order valence-corrected chi connectivity index (χ4v) is 3.30. The molecule has 2 aromatic heterocycles. The van der Waals surface area contributed by atoms with Crippen LogP contribution in [0, 0.1) is 12.7 Å². The summed E-state index contributed by atoms with van der Waals surface area (Å²) in [6.07, 6.45) is 1.47. The van der Waals surface area contributed by atoms with E-state index >= 15 is 0 Å². The highest BCUT2D eigenvalue weighted by atomic mass is 19.1. The number of rotatable bonds is 5. The first-order valence-corrected chi connectivity index (χ1v) is 8.59. The molecule has 1 amide bonds. The molecule has 142 valence electrons. The Morgan fingerprint density at radius 1 is 1.18 bits per heavy atom. The number of hydrogen-bond donors (Lipinski definition) is 1. The number of carbonyl (C=O) groups excluding carboxylic acids is 2. The maximum atomic E-state index is 13.4. The smallest absolute Gasteiger partial charge is 0.290 e. The molecule has 1 N–H and O–H groups in total. The second-order valence-corrected chi connectivity index (χ2v) is 6.47. The highest BCUT2D eigenvalue weighted by molar-refractivity contribution is 6.15. The van der Waals surface area contributed by atoms with Gasteiger partial charge in [-0.15, -0.1) is 0 Å². The summed E-state index contributed by atoms with van der Waals surface area (Å²) in [6.45, 7) is 1.72. The number of ketones is 1. The van der Waals surface area contributed by atoms with Crippen LogP contribution >= 0.6 is 0 Å². The highest BCUT2D eigenvalue weighted by Gasteiger charge is 2.44. The third kappa shape index (κ3) is 3.00. The lowest BCUT2D eigenvalue weighted by molar-refractivity contribution is -0.130. The van der Waals surface area contributed by atoms with Gasteiger partial charge in [-0.1, -0.05) is 12.1 Å². The molecule has 0 radical (unpaired) electrons. The van der Waals surface area contributed by atoms with Gasteiger partial charge in [0.15, 0.2) is 11.5 Å². The maximum Gasteiger partial charge on any atom is 0.290 e. The number of aliphatic hydroxyl groups is 1. The Kier molecular flexibility index (Phi) is 4.35. The number of aliphatic hydroxyl groups excluding tert-OH is 1. The second-order valence-electron chi connectivity index (χ2n) is 6.47. The molecule has 3 heterocycles. The molecule has 4 rings (SSSR count). The summed E-state index contributed by atoms with van der Waals surface area (Å²) in [5, 5.41) is 10.5. The maximum absolute atomic E-state index is 13.4. The summed E-state index contributed by atoms with van der Waals surface area (Å²) >= 11 is 0. The molecular formula is C21H16FNO5. The van der Waals surface area contributed by atoms with Gasteiger partial charge < -0.3 is 18.8 Å². The van der Waals surface area contributed by atoms with E-state index in [1.54, 1.807) is 25.1 Å². The highest BCUT2D eigenvalue weighted by Crippen LogP contribution is 2.40. The van der Waals surface area contributed by atoms with E-state index in [0.717, 1.165) is 0 Å². The Labute approximate surface area is 159 Å². The SMILES string of the molecule is Cc1ccc(C(=O)C2=C(O)C(=O)N(Cc3ccco3)[C@H]2c2ccc(F)cc2)o1. The number of benzene rings is 1. The number of amides is 1. The molecule has 3 aromatic rings. The van der Waals surface area contributed by atoms with Crippen molar-refractivity contribution in [2.24, 2.45) is 0 Å². The largest absolute Gasteiger partial charge is 0.503 e. The lowest BCUT2D eigenvalue weighted by Crippen LogP contribution is -2.30. The van der Waals surface area contributed by atoms with Gasteiger partial charge in [-0.3, -0.25) is 9.59 Å². The van der Waals surface area contributed by atoms with Crippen LogP contribution in [0.3, 0.4) is 0 Å². The van der Waals surface area contributed by atoms with Gasteiger partial charge in [-0.05, 0) is 48.9 Å². The van der Waals surface area contributed by atoms with Crippen LogP contribution in [-0.4, -0.2) is 21.7 Å². The molecule has 28 heavy (non-hydrogen) atoms. The molecule has 0 spiro atoms. The number of hydrogen-bond acceptors (Lipinski definition) is 5. The van der Waals surface area contributed by atoms with E-state index in [9.17, 15) is 19.1 Å². The molecule has 6 nitrogen and oxygen atoms in total. The van der Waals surface area contributed by atoms with Crippen LogP contribution < -0.4 is 0 Å². The molecular weight excluding hydrogens is 365 g/mol. The van der Waals surface area contributed by atoms with E-state index in [2.05, 4.69) is 0 Å². The first-order valence-electron chi connectivity index (χ1n) is 8.59. The molecule has 0 saturated carbocycles. The Bertz CT molecular complexity index is 1060. The van der Waals surface area contributed by atoms with Gasteiger partial charge in [-0.25, -0.2) is 4.39 Å². The second kappa shape index (κ2) is 6.84. The topological polar surface area (TPSA) is 83.9 Å². The first-order chi connectivity index (χ1) is 13.5. The summed E-state index contributed by atoms with van der Waals surface area (Å²) < 4.78 is 24.1. The van der Waals surface area contributed by atoms with Crippen molar-refractivity contribution in [3.05, 3.63) is 94.8 Å². The van der Waals surface area contributed by atoms with Crippen molar-refractivity contribution in [1.82, 2.24) is 4.90 Å². The summed E-state index contributed by atoms with van der Waals surface area (Å²) in [5.41, 5.74) is 0.370. The average molecular weight is 381 g/mol. The molecule has 1 aliphatic heterocycles. The number of carbonyl (C=O) groups is 2. The van der Waals surface area contributed by atoms with Crippen molar-refractivity contribution in [3.63, 3.8) is 0 Å². The predicted molar refractivity (Wildman–Crippen MR) is 95.8 cm³/mol. The van der Waals surface area contributed by atoms with Crippen LogP contribution in [0.2, 0.25) is 0 Å². The fraction of sp³-hybridized carbons (Fsp3) is 0.143. The zero-order valence-electron chi connectivity index (χ0n) is 14.9. The van der Waals surface area contributed by atoms with E-state index in [0.29, 0.717) is 17.1 Å². The number of furan rings is 2. The van der Waals surface area contributed by atoms with Crippen molar-refractivity contribution in [3.8, 4) is 0 Å². The van der Waals surface area contributed by atoms with Crippen LogP contribution in [0.4, 0.5) is 4.39 Å². The van der Waals surface area contributed by atoms with Crippen LogP contribution in [0.5, 0.6) is 0 Å². The van der Waals surface area contributed by atoms with E-state index in [-0.39, 0.29) is 17.9 Å². The summed E-state index contributed by atoms with van der Waals surface area (Å²) in [7, 11) is 0. The predicted octanol–water partition coefficient (Wildman–Crippen LogP) is 4.10. The first kappa shape index (κ1) is 17.8. The lowest BCUT2D eigenvalue weighted by Gasteiger charge is -2.25. The lowest BCUT2D eigenvalue weighted by atomic mass is 9.95. The number of halogens is 1. The van der Waals surface area contributed by atoms with Crippen LogP contribution in [-0.2, 0) is 11.3 Å². The minimum absolute atomic E-state index is 0.0128. The van der Waals surface area contributed by atoms with Gasteiger partial charge in [0.25, 0.3) is 5.91 Å². The number of Topliss-reactive ketones (excluding diaryl/α,β-unsaturated/α-hetero) is 1. The summed E-state index contributed by atoms with van der Waals surface area (Å²) in [4.78, 5) is 27.1. The van der Waals surface area contributed by atoms with E-state index in [1.165, 1.54) is 41.5 Å². The van der Waals surface area contributed by atoms with Crippen molar-refractivity contribution >= 4 is 11.7 Å². The van der Waals surface area contributed by atoms with E-state index in [4.69, 9.17) is 8.83 Å². The minimum Gasteiger partial charge on any atom is -0.503 e.